The van der Waals surface area contributed by atoms with Gasteiger partial charge in [-0.25, -0.2) is 4.39 Å². The zero-order chi connectivity index (χ0) is 12.4. The molecule has 0 saturated heterocycles. The molecule has 0 aliphatic heterocycles. The minimum atomic E-state index is -0.0475. The number of aryl methyl sites for hydroxylation is 2. The number of hydrogen-bond acceptors (Lipinski definition) is 1. The van der Waals surface area contributed by atoms with Crippen LogP contribution in [0.1, 0.15) is 48.4 Å². The van der Waals surface area contributed by atoms with Gasteiger partial charge in [0.1, 0.15) is 5.82 Å². The lowest BCUT2D eigenvalue weighted by atomic mass is 9.88. The first-order valence-corrected chi connectivity index (χ1v) is 6.57. The molecule has 1 fully saturated rings. The quantitative estimate of drug-likeness (QED) is 0.838. The molecule has 0 bridgehead atoms. The zero-order valence-electron chi connectivity index (χ0n) is 11.0. The van der Waals surface area contributed by atoms with Crippen LogP contribution in [0.25, 0.3) is 0 Å². The van der Waals surface area contributed by atoms with E-state index in [9.17, 15) is 4.39 Å². The van der Waals surface area contributed by atoms with Gasteiger partial charge in [0.25, 0.3) is 0 Å². The monoisotopic (exact) mass is 235 g/mol. The largest absolute Gasteiger partial charge is 0.313 e. The van der Waals surface area contributed by atoms with Crippen LogP contribution in [0, 0.1) is 25.6 Å². The van der Waals surface area contributed by atoms with Crippen LogP contribution in [-0.2, 0) is 0 Å². The molecule has 1 aromatic carbocycles. The number of benzene rings is 1. The van der Waals surface area contributed by atoms with Gasteiger partial charge in [-0.3, -0.25) is 0 Å². The number of halogens is 1. The third kappa shape index (κ3) is 2.52. The Kier molecular flexibility index (Phi) is 3.82. The van der Waals surface area contributed by atoms with Crippen LogP contribution >= 0.6 is 0 Å². The topological polar surface area (TPSA) is 12.0 Å². The summed E-state index contributed by atoms with van der Waals surface area (Å²) in [5.41, 5.74) is 2.96. The van der Waals surface area contributed by atoms with Crippen LogP contribution in [0.3, 0.4) is 0 Å². The number of hydrogen-bond donors (Lipinski definition) is 1. The maximum atomic E-state index is 14.2. The predicted octanol–water partition coefficient (Wildman–Crippen LogP) is 3.89. The van der Waals surface area contributed by atoms with Crippen molar-refractivity contribution in [2.45, 2.75) is 45.6 Å². The van der Waals surface area contributed by atoms with Crippen molar-refractivity contribution in [1.82, 2.24) is 5.32 Å². The smallest absolute Gasteiger partial charge is 0.128 e. The summed E-state index contributed by atoms with van der Waals surface area (Å²) in [6, 6.07) is 3.91. The van der Waals surface area contributed by atoms with Gasteiger partial charge in [0, 0.05) is 11.6 Å². The van der Waals surface area contributed by atoms with E-state index in [0.717, 1.165) is 16.7 Å². The minimum absolute atomic E-state index is 0.0475. The average molecular weight is 235 g/mol. The zero-order valence-corrected chi connectivity index (χ0v) is 11.0. The molecule has 1 atom stereocenters. The van der Waals surface area contributed by atoms with E-state index in [1.54, 1.807) is 6.07 Å². The van der Waals surface area contributed by atoms with Crippen molar-refractivity contribution in [1.29, 1.82) is 0 Å². The highest BCUT2D eigenvalue weighted by Gasteiger charge is 2.28. The number of nitrogens with one attached hydrogen (secondary N) is 1. The summed E-state index contributed by atoms with van der Waals surface area (Å²) in [5.74, 6) is 0.546. The van der Waals surface area contributed by atoms with Crippen molar-refractivity contribution < 1.29 is 4.39 Å². The molecule has 0 heterocycles. The Balaban J connectivity index is 2.36. The Bertz CT molecular complexity index is 371. The maximum Gasteiger partial charge on any atom is 0.128 e. The maximum absolute atomic E-state index is 14.2. The van der Waals surface area contributed by atoms with Crippen molar-refractivity contribution in [2.75, 3.05) is 7.05 Å². The van der Waals surface area contributed by atoms with Gasteiger partial charge in [-0.15, -0.1) is 0 Å². The van der Waals surface area contributed by atoms with Crippen LogP contribution in [0.4, 0.5) is 4.39 Å². The van der Waals surface area contributed by atoms with Crippen molar-refractivity contribution in [3.05, 3.63) is 34.6 Å². The van der Waals surface area contributed by atoms with Gasteiger partial charge >= 0.3 is 0 Å². The Morgan fingerprint density at radius 1 is 1.24 bits per heavy atom. The standard InChI is InChI=1S/C15H22FN/c1-10-8-11(2)14(13(16)9-10)15(17-3)12-6-4-5-7-12/h8-9,12,15,17H,4-7H2,1-3H3. The fourth-order valence-corrected chi connectivity index (χ4v) is 3.23. The first-order valence-electron chi connectivity index (χ1n) is 6.57. The summed E-state index contributed by atoms with van der Waals surface area (Å²) in [6.45, 7) is 3.97. The van der Waals surface area contributed by atoms with Crippen molar-refractivity contribution in [3.63, 3.8) is 0 Å². The average Bonchev–Trinajstić information content (AvgIpc) is 2.76. The Morgan fingerprint density at radius 3 is 2.41 bits per heavy atom. The molecule has 1 nitrogen and oxygen atoms in total. The second-order valence-corrected chi connectivity index (χ2v) is 5.29. The fourth-order valence-electron chi connectivity index (χ4n) is 3.23. The van der Waals surface area contributed by atoms with Crippen LogP contribution in [-0.4, -0.2) is 7.05 Å². The predicted molar refractivity (Wildman–Crippen MR) is 69.6 cm³/mol. The number of rotatable bonds is 3. The summed E-state index contributed by atoms with van der Waals surface area (Å²) in [6.07, 6.45) is 5.02. The van der Waals surface area contributed by atoms with Crippen LogP contribution < -0.4 is 5.32 Å². The summed E-state index contributed by atoms with van der Waals surface area (Å²) < 4.78 is 14.2. The highest BCUT2D eigenvalue weighted by Crippen LogP contribution is 2.37. The van der Waals surface area contributed by atoms with Gasteiger partial charge in [-0.2, -0.15) is 0 Å². The molecule has 0 aromatic heterocycles. The SMILES string of the molecule is CNC(c1c(C)cc(C)cc1F)C1CCCC1. The molecule has 1 saturated carbocycles. The van der Waals surface area contributed by atoms with E-state index in [1.807, 2.05) is 20.9 Å². The molecule has 2 heteroatoms. The molecular formula is C15H22FN. The lowest BCUT2D eigenvalue weighted by molar-refractivity contribution is 0.376. The molecule has 1 aromatic rings. The summed E-state index contributed by atoms with van der Waals surface area (Å²) in [4.78, 5) is 0. The lowest BCUT2D eigenvalue weighted by Gasteiger charge is -2.25. The molecule has 1 N–H and O–H groups in total. The van der Waals surface area contributed by atoms with Crippen LogP contribution in [0.2, 0.25) is 0 Å². The molecule has 2 rings (SSSR count). The fraction of sp³-hybridized carbons (Fsp3) is 0.600. The van der Waals surface area contributed by atoms with E-state index in [0.29, 0.717) is 5.92 Å². The van der Waals surface area contributed by atoms with Gasteiger partial charge in [-0.05, 0) is 56.8 Å². The second-order valence-electron chi connectivity index (χ2n) is 5.29. The van der Waals surface area contributed by atoms with Gasteiger partial charge in [0.05, 0.1) is 0 Å². The molecule has 0 spiro atoms. The van der Waals surface area contributed by atoms with Gasteiger partial charge in [0.15, 0.2) is 0 Å². The Hall–Kier alpha value is -0.890. The van der Waals surface area contributed by atoms with Crippen molar-refractivity contribution in [3.8, 4) is 0 Å². The van der Waals surface area contributed by atoms with E-state index < -0.39 is 0 Å². The first-order chi connectivity index (χ1) is 8.13. The minimum Gasteiger partial charge on any atom is -0.313 e. The Morgan fingerprint density at radius 2 is 1.88 bits per heavy atom. The van der Waals surface area contributed by atoms with E-state index in [2.05, 4.69) is 11.4 Å². The van der Waals surface area contributed by atoms with Gasteiger partial charge < -0.3 is 5.32 Å². The highest BCUT2D eigenvalue weighted by molar-refractivity contribution is 5.34. The van der Waals surface area contributed by atoms with E-state index in [1.165, 1.54) is 25.7 Å². The molecular weight excluding hydrogens is 213 g/mol. The molecule has 1 aliphatic carbocycles. The summed E-state index contributed by atoms with van der Waals surface area (Å²) >= 11 is 0. The summed E-state index contributed by atoms with van der Waals surface area (Å²) in [5, 5.41) is 3.32. The van der Waals surface area contributed by atoms with Gasteiger partial charge in [-0.1, -0.05) is 18.9 Å². The second kappa shape index (κ2) is 5.18. The van der Waals surface area contributed by atoms with Crippen molar-refractivity contribution >= 4 is 0 Å². The molecule has 0 amide bonds. The molecule has 94 valence electrons. The first kappa shape index (κ1) is 12.6. The van der Waals surface area contributed by atoms with Gasteiger partial charge in [0.2, 0.25) is 0 Å². The summed E-state index contributed by atoms with van der Waals surface area (Å²) in [7, 11) is 1.95. The van der Waals surface area contributed by atoms with Crippen LogP contribution in [0.15, 0.2) is 12.1 Å². The van der Waals surface area contributed by atoms with E-state index in [-0.39, 0.29) is 11.9 Å². The normalized spacial score (nSPS) is 18.6. The molecule has 17 heavy (non-hydrogen) atoms. The van der Waals surface area contributed by atoms with Crippen molar-refractivity contribution in [2.24, 2.45) is 5.92 Å². The van der Waals surface area contributed by atoms with Crippen LogP contribution in [0.5, 0.6) is 0 Å². The highest BCUT2D eigenvalue weighted by atomic mass is 19.1. The third-order valence-corrected chi connectivity index (χ3v) is 3.97. The molecule has 1 aliphatic rings. The Labute approximate surface area is 103 Å². The van der Waals surface area contributed by atoms with E-state index in [4.69, 9.17) is 0 Å². The molecule has 1 unspecified atom stereocenters. The molecule has 0 radical (unpaired) electrons. The lowest BCUT2D eigenvalue weighted by Crippen LogP contribution is -2.25. The third-order valence-electron chi connectivity index (χ3n) is 3.97. The van der Waals surface area contributed by atoms with E-state index >= 15 is 0 Å².